The van der Waals surface area contributed by atoms with Gasteiger partial charge in [0.1, 0.15) is 6.07 Å². The molecular formula is C7H12N2O. The maximum atomic E-state index is 8.78. The molecule has 3 N–H and O–H groups in total. The van der Waals surface area contributed by atoms with Gasteiger partial charge in [0.05, 0.1) is 5.57 Å². The van der Waals surface area contributed by atoms with Crippen molar-refractivity contribution in [2.75, 3.05) is 0 Å². The van der Waals surface area contributed by atoms with Gasteiger partial charge in [-0.2, -0.15) is 5.26 Å². The van der Waals surface area contributed by atoms with Gasteiger partial charge in [0.25, 0.3) is 0 Å². The maximum Gasteiger partial charge on any atom is 0.196 e. The molecule has 0 aliphatic carbocycles. The van der Waals surface area contributed by atoms with Gasteiger partial charge in [-0.05, 0) is 0 Å². The van der Waals surface area contributed by atoms with E-state index in [4.69, 9.17) is 16.1 Å². The summed E-state index contributed by atoms with van der Waals surface area (Å²) in [5, 5.41) is 17.3. The number of nitrogens with zero attached hydrogens (tertiary/aromatic N) is 1. The first-order valence-corrected chi connectivity index (χ1v) is 2.99. The molecule has 0 radical (unpaired) electrons. The average Bonchev–Trinajstić information content (AvgIpc) is 1.60. The SMILES string of the molecule is CC(C)(C)/C(C#N)=C(/N)O. The number of nitrogens with two attached hydrogens (primary N) is 1. The summed E-state index contributed by atoms with van der Waals surface area (Å²) in [7, 11) is 0. The van der Waals surface area contributed by atoms with E-state index in [9.17, 15) is 0 Å². The Hall–Kier alpha value is -1.17. The van der Waals surface area contributed by atoms with E-state index < -0.39 is 0 Å². The molecule has 0 aromatic carbocycles. The molecule has 0 aliphatic heterocycles. The summed E-state index contributed by atoms with van der Waals surface area (Å²) in [4.78, 5) is 0. The van der Waals surface area contributed by atoms with Gasteiger partial charge >= 0.3 is 0 Å². The van der Waals surface area contributed by atoms with Crippen LogP contribution in [0.25, 0.3) is 0 Å². The van der Waals surface area contributed by atoms with Crippen LogP contribution in [0.4, 0.5) is 0 Å². The minimum absolute atomic E-state index is 0.229. The van der Waals surface area contributed by atoms with Crippen molar-refractivity contribution in [3.05, 3.63) is 11.5 Å². The Balaban J connectivity index is 4.78. The lowest BCUT2D eigenvalue weighted by Gasteiger charge is -2.16. The van der Waals surface area contributed by atoms with Crippen LogP contribution < -0.4 is 5.73 Å². The number of rotatable bonds is 0. The fourth-order valence-corrected chi connectivity index (χ4v) is 0.609. The predicted molar refractivity (Wildman–Crippen MR) is 38.9 cm³/mol. The summed E-state index contributed by atoms with van der Waals surface area (Å²) in [6.07, 6.45) is 0. The molecule has 0 fully saturated rings. The van der Waals surface area contributed by atoms with Gasteiger partial charge in [0.2, 0.25) is 0 Å². The van der Waals surface area contributed by atoms with Crippen molar-refractivity contribution in [1.29, 1.82) is 5.26 Å². The predicted octanol–water partition coefficient (Wildman–Crippen LogP) is 1.28. The zero-order valence-electron chi connectivity index (χ0n) is 6.47. The number of nitriles is 1. The minimum Gasteiger partial charge on any atom is -0.494 e. The zero-order valence-corrected chi connectivity index (χ0v) is 6.47. The van der Waals surface area contributed by atoms with Crippen molar-refractivity contribution in [1.82, 2.24) is 0 Å². The smallest absolute Gasteiger partial charge is 0.196 e. The largest absolute Gasteiger partial charge is 0.494 e. The highest BCUT2D eigenvalue weighted by atomic mass is 16.3. The van der Waals surface area contributed by atoms with Gasteiger partial charge in [-0.1, -0.05) is 20.8 Å². The van der Waals surface area contributed by atoms with Crippen molar-refractivity contribution in [2.24, 2.45) is 11.1 Å². The van der Waals surface area contributed by atoms with Gasteiger partial charge in [-0.25, -0.2) is 0 Å². The van der Waals surface area contributed by atoms with Crippen molar-refractivity contribution in [2.45, 2.75) is 20.8 Å². The topological polar surface area (TPSA) is 70.0 Å². The molecule has 0 saturated carbocycles. The molecule has 3 nitrogen and oxygen atoms in total. The molecule has 0 bridgehead atoms. The van der Waals surface area contributed by atoms with E-state index in [-0.39, 0.29) is 16.9 Å². The Morgan fingerprint density at radius 2 is 1.90 bits per heavy atom. The van der Waals surface area contributed by atoms with E-state index in [0.29, 0.717) is 0 Å². The van der Waals surface area contributed by atoms with E-state index >= 15 is 0 Å². The third-order valence-corrected chi connectivity index (χ3v) is 1.12. The second kappa shape index (κ2) is 2.61. The van der Waals surface area contributed by atoms with E-state index in [1.54, 1.807) is 0 Å². The van der Waals surface area contributed by atoms with Crippen LogP contribution in [0.5, 0.6) is 0 Å². The lowest BCUT2D eigenvalue weighted by Crippen LogP contribution is -2.14. The van der Waals surface area contributed by atoms with Gasteiger partial charge in [-0.15, -0.1) is 0 Å². The summed E-state index contributed by atoms with van der Waals surface area (Å²) in [6, 6.07) is 1.85. The Kier molecular flexibility index (Phi) is 2.30. The van der Waals surface area contributed by atoms with Crippen LogP contribution in [0.3, 0.4) is 0 Å². The summed E-state index contributed by atoms with van der Waals surface area (Å²) in [6.45, 7) is 5.44. The quantitative estimate of drug-likeness (QED) is 0.393. The summed E-state index contributed by atoms with van der Waals surface area (Å²) >= 11 is 0. The molecule has 0 amide bonds. The van der Waals surface area contributed by atoms with Gasteiger partial charge in [-0.3, -0.25) is 0 Å². The first kappa shape index (κ1) is 8.83. The highest BCUT2D eigenvalue weighted by Crippen LogP contribution is 2.24. The van der Waals surface area contributed by atoms with E-state index in [2.05, 4.69) is 0 Å². The second-order valence-electron chi connectivity index (χ2n) is 3.12. The fourth-order valence-electron chi connectivity index (χ4n) is 0.609. The molecule has 0 heterocycles. The Labute approximate surface area is 60.8 Å². The number of aliphatic hydroxyl groups excluding tert-OH is 1. The van der Waals surface area contributed by atoms with Crippen LogP contribution in [0.1, 0.15) is 20.8 Å². The van der Waals surface area contributed by atoms with Crippen molar-refractivity contribution in [3.63, 3.8) is 0 Å². The highest BCUT2D eigenvalue weighted by Gasteiger charge is 2.19. The number of hydrogen-bond acceptors (Lipinski definition) is 3. The molecular weight excluding hydrogens is 128 g/mol. The first-order valence-electron chi connectivity index (χ1n) is 2.99. The molecule has 0 rings (SSSR count). The van der Waals surface area contributed by atoms with Gasteiger partial charge in [0.15, 0.2) is 5.88 Å². The Morgan fingerprint density at radius 1 is 1.50 bits per heavy atom. The standard InChI is InChI=1S/C7H12N2O/c1-7(2,3)5(4-8)6(9)10/h10H,9H2,1-3H3/b6-5-. The van der Waals surface area contributed by atoms with Gasteiger partial charge in [0, 0.05) is 5.41 Å². The lowest BCUT2D eigenvalue weighted by molar-refractivity contribution is 0.375. The van der Waals surface area contributed by atoms with Crippen molar-refractivity contribution >= 4 is 0 Å². The third-order valence-electron chi connectivity index (χ3n) is 1.12. The van der Waals surface area contributed by atoms with Crippen LogP contribution in [-0.4, -0.2) is 5.11 Å². The molecule has 0 aromatic heterocycles. The molecule has 0 atom stereocenters. The molecule has 10 heavy (non-hydrogen) atoms. The monoisotopic (exact) mass is 140 g/mol. The van der Waals surface area contributed by atoms with Crippen LogP contribution in [-0.2, 0) is 0 Å². The molecule has 0 spiro atoms. The molecule has 0 aromatic rings. The van der Waals surface area contributed by atoms with Gasteiger partial charge < -0.3 is 10.8 Å². The molecule has 0 unspecified atom stereocenters. The fraction of sp³-hybridized carbons (Fsp3) is 0.571. The summed E-state index contributed by atoms with van der Waals surface area (Å²) in [5.74, 6) is -0.380. The summed E-state index contributed by atoms with van der Waals surface area (Å²) in [5.41, 5.74) is 4.91. The molecule has 56 valence electrons. The van der Waals surface area contributed by atoms with Crippen molar-refractivity contribution < 1.29 is 5.11 Å². The molecule has 3 heteroatoms. The third kappa shape index (κ3) is 1.98. The van der Waals surface area contributed by atoms with Crippen LogP contribution in [0, 0.1) is 16.7 Å². The van der Waals surface area contributed by atoms with E-state index in [1.807, 2.05) is 26.8 Å². The van der Waals surface area contributed by atoms with Crippen LogP contribution in [0.15, 0.2) is 11.5 Å². The second-order valence-corrected chi connectivity index (χ2v) is 3.12. The van der Waals surface area contributed by atoms with Crippen LogP contribution in [0.2, 0.25) is 0 Å². The first-order chi connectivity index (χ1) is 4.39. The normalized spacial score (nSPS) is 13.8. The zero-order chi connectivity index (χ0) is 8.36. The molecule has 0 aliphatic rings. The maximum absolute atomic E-state index is 8.78. The lowest BCUT2D eigenvalue weighted by atomic mass is 9.87. The number of hydrogen-bond donors (Lipinski definition) is 2. The average molecular weight is 140 g/mol. The molecule has 0 saturated heterocycles. The van der Waals surface area contributed by atoms with Crippen LogP contribution >= 0.6 is 0 Å². The minimum atomic E-state index is -0.380. The van der Waals surface area contributed by atoms with Crippen molar-refractivity contribution in [3.8, 4) is 6.07 Å². The highest BCUT2D eigenvalue weighted by molar-refractivity contribution is 5.28. The van der Waals surface area contributed by atoms with E-state index in [0.717, 1.165) is 0 Å². The van der Waals surface area contributed by atoms with E-state index in [1.165, 1.54) is 0 Å². The Bertz CT molecular complexity index is 189. The number of allylic oxidation sites excluding steroid dienone is 1. The number of aliphatic hydroxyl groups is 1. The Morgan fingerprint density at radius 3 is 1.90 bits per heavy atom. The summed E-state index contributed by atoms with van der Waals surface area (Å²) < 4.78 is 0.